The third-order valence-electron chi connectivity index (χ3n) is 6.93. The standard InChI is InChI=1S/C29H36O3.C3H8/c1-5-10-23(26(6-2)27(31)14-20(4)30)15-21-16-25-18-24(22-11-8-7-9-12-22)13-19(3)29(25)28(32)17-21;1-3-2/h7-9,11-13,18,21,23,26H,5-6,10,14-17H2,1-4H3;3H2,1-2H3. The van der Waals surface area contributed by atoms with Gasteiger partial charge < -0.3 is 0 Å². The van der Waals surface area contributed by atoms with Gasteiger partial charge in [-0.15, -0.1) is 0 Å². The second kappa shape index (κ2) is 14.1. The fraction of sp³-hybridized carbons (Fsp3) is 0.531. The molecular weight excluding hydrogens is 432 g/mol. The van der Waals surface area contributed by atoms with Crippen molar-refractivity contribution in [2.45, 2.75) is 92.9 Å². The van der Waals surface area contributed by atoms with Gasteiger partial charge in [-0.2, -0.15) is 0 Å². The summed E-state index contributed by atoms with van der Waals surface area (Å²) in [4.78, 5) is 37.4. The molecule has 0 saturated heterocycles. The molecule has 3 atom stereocenters. The lowest BCUT2D eigenvalue weighted by molar-refractivity contribution is -0.129. The van der Waals surface area contributed by atoms with Gasteiger partial charge in [0.15, 0.2) is 5.78 Å². The Kier molecular flexibility index (Phi) is 11.6. The van der Waals surface area contributed by atoms with E-state index in [0.29, 0.717) is 6.42 Å². The first-order valence-corrected chi connectivity index (χ1v) is 13.5. The molecule has 0 aliphatic heterocycles. The normalized spacial score (nSPS) is 16.5. The van der Waals surface area contributed by atoms with Gasteiger partial charge in [0.1, 0.15) is 11.6 Å². The number of carbonyl (C=O) groups is 3. The van der Waals surface area contributed by atoms with Crippen LogP contribution in [0.25, 0.3) is 11.1 Å². The van der Waals surface area contributed by atoms with E-state index < -0.39 is 0 Å². The Labute approximate surface area is 212 Å². The molecule has 0 amide bonds. The highest BCUT2D eigenvalue weighted by Gasteiger charge is 2.33. The summed E-state index contributed by atoms with van der Waals surface area (Å²) in [6.45, 7) is 12.0. The first-order valence-electron chi connectivity index (χ1n) is 13.5. The van der Waals surface area contributed by atoms with Crippen molar-refractivity contribution in [2.75, 3.05) is 0 Å². The first kappa shape index (κ1) is 28.7. The van der Waals surface area contributed by atoms with Crippen molar-refractivity contribution in [3.8, 4) is 11.1 Å². The molecule has 0 fully saturated rings. The summed E-state index contributed by atoms with van der Waals surface area (Å²) < 4.78 is 0. The molecule has 0 radical (unpaired) electrons. The number of hydrogen-bond donors (Lipinski definition) is 0. The summed E-state index contributed by atoms with van der Waals surface area (Å²) in [6, 6.07) is 14.6. The fourth-order valence-corrected chi connectivity index (χ4v) is 5.61. The van der Waals surface area contributed by atoms with E-state index in [4.69, 9.17) is 0 Å². The van der Waals surface area contributed by atoms with Crippen LogP contribution in [0.3, 0.4) is 0 Å². The maximum atomic E-state index is 13.1. The smallest absolute Gasteiger partial charge is 0.163 e. The predicted octanol–water partition coefficient (Wildman–Crippen LogP) is 8.20. The number of carbonyl (C=O) groups excluding carboxylic acids is 3. The molecule has 3 nitrogen and oxygen atoms in total. The zero-order chi connectivity index (χ0) is 26.0. The predicted molar refractivity (Wildman–Crippen MR) is 146 cm³/mol. The fourth-order valence-electron chi connectivity index (χ4n) is 5.61. The summed E-state index contributed by atoms with van der Waals surface area (Å²) in [5.41, 5.74) is 5.41. The third-order valence-corrected chi connectivity index (χ3v) is 6.93. The number of Topliss-reactive ketones (excluding diaryl/α,β-unsaturated/α-hetero) is 3. The van der Waals surface area contributed by atoms with Crippen LogP contribution in [0.1, 0.15) is 101 Å². The molecule has 2 aromatic rings. The lowest BCUT2D eigenvalue weighted by Gasteiger charge is -2.32. The molecule has 0 heterocycles. The van der Waals surface area contributed by atoms with Gasteiger partial charge in [0.2, 0.25) is 0 Å². The van der Waals surface area contributed by atoms with Crippen molar-refractivity contribution >= 4 is 17.3 Å². The molecule has 0 bridgehead atoms. The van der Waals surface area contributed by atoms with Gasteiger partial charge in [0.05, 0.1) is 6.42 Å². The Morgan fingerprint density at radius 3 is 2.20 bits per heavy atom. The molecule has 0 aromatic heterocycles. The molecule has 1 aliphatic carbocycles. The van der Waals surface area contributed by atoms with Gasteiger partial charge >= 0.3 is 0 Å². The quantitative estimate of drug-likeness (QED) is 0.325. The average Bonchev–Trinajstić information content (AvgIpc) is 2.79. The molecule has 0 N–H and O–H groups in total. The molecule has 0 spiro atoms. The second-order valence-corrected chi connectivity index (χ2v) is 10.2. The van der Waals surface area contributed by atoms with Gasteiger partial charge in [0, 0.05) is 17.9 Å². The lowest BCUT2D eigenvalue weighted by atomic mass is 9.72. The maximum absolute atomic E-state index is 13.1. The van der Waals surface area contributed by atoms with Gasteiger partial charge in [-0.3, -0.25) is 14.4 Å². The Hall–Kier alpha value is -2.55. The van der Waals surface area contributed by atoms with E-state index in [9.17, 15) is 14.4 Å². The number of ketones is 3. The van der Waals surface area contributed by atoms with Crippen molar-refractivity contribution < 1.29 is 14.4 Å². The van der Waals surface area contributed by atoms with Crippen LogP contribution in [0.4, 0.5) is 0 Å². The van der Waals surface area contributed by atoms with Crippen LogP contribution >= 0.6 is 0 Å². The second-order valence-electron chi connectivity index (χ2n) is 10.2. The number of fused-ring (bicyclic) bond motifs is 1. The molecule has 1 aliphatic rings. The van der Waals surface area contributed by atoms with E-state index in [1.807, 2.05) is 32.0 Å². The van der Waals surface area contributed by atoms with Gasteiger partial charge in [-0.05, 0) is 67.2 Å². The van der Waals surface area contributed by atoms with E-state index in [-0.39, 0.29) is 41.5 Å². The highest BCUT2D eigenvalue weighted by molar-refractivity contribution is 6.01. The minimum atomic E-state index is -0.0901. The van der Waals surface area contributed by atoms with Crippen LogP contribution < -0.4 is 0 Å². The summed E-state index contributed by atoms with van der Waals surface area (Å²) in [7, 11) is 0. The molecule has 3 unspecified atom stereocenters. The van der Waals surface area contributed by atoms with E-state index >= 15 is 0 Å². The van der Waals surface area contributed by atoms with Gasteiger partial charge in [-0.1, -0.05) is 89.4 Å². The Morgan fingerprint density at radius 2 is 1.63 bits per heavy atom. The van der Waals surface area contributed by atoms with Crippen LogP contribution in [0.5, 0.6) is 0 Å². The largest absolute Gasteiger partial charge is 0.300 e. The Bertz CT molecular complexity index is 989. The molecular formula is C32H44O3. The van der Waals surface area contributed by atoms with E-state index in [2.05, 4.69) is 45.0 Å². The summed E-state index contributed by atoms with van der Waals surface area (Å²) >= 11 is 0. The van der Waals surface area contributed by atoms with Crippen molar-refractivity contribution in [3.63, 3.8) is 0 Å². The topological polar surface area (TPSA) is 51.2 Å². The zero-order valence-electron chi connectivity index (χ0n) is 22.7. The van der Waals surface area contributed by atoms with Gasteiger partial charge in [0.25, 0.3) is 0 Å². The molecule has 3 rings (SSSR count). The van der Waals surface area contributed by atoms with E-state index in [1.165, 1.54) is 13.3 Å². The zero-order valence-corrected chi connectivity index (χ0v) is 22.7. The van der Waals surface area contributed by atoms with Crippen molar-refractivity contribution in [1.82, 2.24) is 0 Å². The monoisotopic (exact) mass is 476 g/mol. The summed E-state index contributed by atoms with van der Waals surface area (Å²) in [5.74, 6) is 0.628. The van der Waals surface area contributed by atoms with Crippen LogP contribution in [-0.2, 0) is 16.0 Å². The number of aryl methyl sites for hydroxylation is 1. The van der Waals surface area contributed by atoms with Crippen LogP contribution in [0.2, 0.25) is 0 Å². The minimum Gasteiger partial charge on any atom is -0.300 e. The van der Waals surface area contributed by atoms with Crippen LogP contribution in [0.15, 0.2) is 42.5 Å². The van der Waals surface area contributed by atoms with Crippen molar-refractivity contribution in [1.29, 1.82) is 0 Å². The molecule has 2 aromatic carbocycles. The third kappa shape index (κ3) is 7.98. The number of benzene rings is 2. The van der Waals surface area contributed by atoms with Crippen LogP contribution in [0, 0.1) is 24.7 Å². The number of hydrogen-bond acceptors (Lipinski definition) is 3. The number of rotatable bonds is 10. The molecule has 3 heteroatoms. The summed E-state index contributed by atoms with van der Waals surface area (Å²) in [5, 5.41) is 0. The van der Waals surface area contributed by atoms with Crippen molar-refractivity contribution in [2.24, 2.45) is 17.8 Å². The average molecular weight is 477 g/mol. The van der Waals surface area contributed by atoms with Gasteiger partial charge in [-0.25, -0.2) is 0 Å². The molecule has 35 heavy (non-hydrogen) atoms. The summed E-state index contributed by atoms with van der Waals surface area (Å²) in [6.07, 6.45) is 6.30. The van der Waals surface area contributed by atoms with Crippen LogP contribution in [-0.4, -0.2) is 17.3 Å². The highest BCUT2D eigenvalue weighted by Crippen LogP contribution is 2.38. The Balaban J connectivity index is 0.00000137. The molecule has 0 saturated carbocycles. The minimum absolute atomic E-state index is 0.0325. The lowest BCUT2D eigenvalue weighted by Crippen LogP contribution is -2.29. The van der Waals surface area contributed by atoms with E-state index in [1.54, 1.807) is 0 Å². The molecule has 190 valence electrons. The Morgan fingerprint density at radius 1 is 0.971 bits per heavy atom. The van der Waals surface area contributed by atoms with E-state index in [0.717, 1.165) is 59.9 Å². The SMILES string of the molecule is CCC.CCCC(CC1CC(=O)c2c(C)cc(-c3ccccc3)cc2C1)C(CC)C(=O)CC(C)=O. The maximum Gasteiger partial charge on any atom is 0.163 e. The highest BCUT2D eigenvalue weighted by atomic mass is 16.1. The van der Waals surface area contributed by atoms with Crippen molar-refractivity contribution in [3.05, 3.63) is 59.2 Å². The first-order chi connectivity index (χ1) is 16.7.